The van der Waals surface area contributed by atoms with Gasteiger partial charge in [0, 0.05) is 30.4 Å². The van der Waals surface area contributed by atoms with Gasteiger partial charge in [0.15, 0.2) is 6.17 Å². The maximum atomic E-state index is 15.1. The molecule has 6 nitrogen and oxygen atoms in total. The summed E-state index contributed by atoms with van der Waals surface area (Å²) in [4.78, 5) is 8.82. The highest BCUT2D eigenvalue weighted by molar-refractivity contribution is 5.91. The Morgan fingerprint density at radius 3 is 2.86 bits per heavy atom. The monoisotopic (exact) mass is 392 g/mol. The smallest absolute Gasteiger partial charge is 0.163 e. The second-order valence-electron chi connectivity index (χ2n) is 7.70. The quantitative estimate of drug-likeness (QED) is 0.550. The lowest BCUT2D eigenvalue weighted by Gasteiger charge is -2.21. The van der Waals surface area contributed by atoms with Crippen LogP contribution in [0.3, 0.4) is 0 Å². The summed E-state index contributed by atoms with van der Waals surface area (Å²) in [5.41, 5.74) is 2.47. The Balaban J connectivity index is 1.87. The maximum Gasteiger partial charge on any atom is 0.163 e. The number of hydrogen-bond acceptors (Lipinski definition) is 4. The predicted octanol–water partition coefficient (Wildman–Crippen LogP) is 5.06. The fraction of sp³-hybridized carbons (Fsp3) is 0.455. The Morgan fingerprint density at radius 2 is 2.14 bits per heavy atom. The molecule has 0 bridgehead atoms. The molecule has 2 atom stereocenters. The summed E-state index contributed by atoms with van der Waals surface area (Å²) < 4.78 is 18.8. The number of allylic oxidation sites excluding steroid dienone is 2. The number of alkyl halides is 1. The Morgan fingerprint density at radius 1 is 1.34 bits per heavy atom. The Hall–Kier alpha value is -3.01. The van der Waals surface area contributed by atoms with Gasteiger partial charge in [-0.3, -0.25) is 4.68 Å². The van der Waals surface area contributed by atoms with Gasteiger partial charge in [0.2, 0.25) is 0 Å². The van der Waals surface area contributed by atoms with Crippen LogP contribution in [-0.2, 0) is 7.05 Å². The van der Waals surface area contributed by atoms with Crippen molar-refractivity contribution in [3.8, 4) is 17.3 Å². The van der Waals surface area contributed by atoms with Crippen LogP contribution < -0.4 is 0 Å². The number of fused-ring (bicyclic) bond motifs is 1. The number of rotatable bonds is 6. The molecule has 1 aliphatic carbocycles. The molecule has 150 valence electrons. The van der Waals surface area contributed by atoms with E-state index in [-0.39, 0.29) is 6.04 Å². The van der Waals surface area contributed by atoms with Gasteiger partial charge in [0.1, 0.15) is 17.7 Å². The van der Waals surface area contributed by atoms with E-state index in [0.717, 1.165) is 23.9 Å². The van der Waals surface area contributed by atoms with Crippen LogP contribution in [0.4, 0.5) is 4.39 Å². The summed E-state index contributed by atoms with van der Waals surface area (Å²) in [7, 11) is 1.92. The molecular formula is C22H25FN6. The molecule has 3 aromatic heterocycles. The molecule has 2 unspecified atom stereocenters. The zero-order chi connectivity index (χ0) is 20.4. The lowest BCUT2D eigenvalue weighted by atomic mass is 9.96. The molecule has 29 heavy (non-hydrogen) atoms. The van der Waals surface area contributed by atoms with Crippen LogP contribution in [0.15, 0.2) is 36.9 Å². The highest BCUT2D eigenvalue weighted by atomic mass is 19.1. The van der Waals surface area contributed by atoms with Crippen LogP contribution in [-0.4, -0.2) is 24.3 Å². The standard InChI is InChI=1S/C22H25FN6/c1-3-6-18(23)21-17(20-16-10-12-28(2)22(16)26-14-25-20)13-29(27-21)19(9-11-24)15-7-4-5-8-15/h3,6,10,12-15,18-19H,4-5,7-9H2,1-2H3/b6-3+. The molecule has 0 aromatic carbocycles. The normalized spacial score (nSPS) is 17.2. The minimum Gasteiger partial charge on any atom is -0.335 e. The molecule has 3 aromatic rings. The van der Waals surface area contributed by atoms with Crippen molar-refractivity contribution in [2.45, 2.75) is 51.2 Å². The molecule has 1 saturated carbocycles. The second kappa shape index (κ2) is 8.16. The number of halogens is 1. The highest BCUT2D eigenvalue weighted by Crippen LogP contribution is 2.39. The predicted molar refractivity (Wildman–Crippen MR) is 110 cm³/mol. The number of hydrogen-bond donors (Lipinski definition) is 0. The molecule has 0 radical (unpaired) electrons. The Labute approximate surface area is 169 Å². The lowest BCUT2D eigenvalue weighted by molar-refractivity contribution is 0.308. The van der Waals surface area contributed by atoms with Gasteiger partial charge in [-0.1, -0.05) is 18.9 Å². The van der Waals surface area contributed by atoms with Crippen LogP contribution in [0.5, 0.6) is 0 Å². The summed E-state index contributed by atoms with van der Waals surface area (Å²) in [6, 6.07) is 4.20. The first-order valence-corrected chi connectivity index (χ1v) is 10.1. The molecule has 0 N–H and O–H groups in total. The molecule has 7 heteroatoms. The summed E-state index contributed by atoms with van der Waals surface area (Å²) in [6.07, 6.45) is 12.0. The van der Waals surface area contributed by atoms with Gasteiger partial charge in [-0.15, -0.1) is 0 Å². The average Bonchev–Trinajstić information content (AvgIpc) is 3.47. The van der Waals surface area contributed by atoms with E-state index in [4.69, 9.17) is 0 Å². The number of nitrogens with zero attached hydrogens (tertiary/aromatic N) is 6. The van der Waals surface area contributed by atoms with Crippen LogP contribution >= 0.6 is 0 Å². The molecule has 4 rings (SSSR count). The SMILES string of the molecule is C/C=C/C(F)c1nn(C(CC#N)C2CCCC2)cc1-c1ncnc2c1ccn2C. The van der Waals surface area contributed by atoms with Gasteiger partial charge in [0.25, 0.3) is 0 Å². The van der Waals surface area contributed by atoms with Crippen molar-refractivity contribution >= 4 is 11.0 Å². The second-order valence-corrected chi connectivity index (χ2v) is 7.70. The van der Waals surface area contributed by atoms with Crippen molar-refractivity contribution in [1.29, 1.82) is 5.26 Å². The maximum absolute atomic E-state index is 15.1. The molecular weight excluding hydrogens is 367 g/mol. The van der Waals surface area contributed by atoms with Crippen molar-refractivity contribution in [1.82, 2.24) is 24.3 Å². The van der Waals surface area contributed by atoms with Gasteiger partial charge in [-0.25, -0.2) is 14.4 Å². The number of aryl methyl sites for hydroxylation is 1. The van der Waals surface area contributed by atoms with Crippen molar-refractivity contribution in [3.05, 3.63) is 42.6 Å². The van der Waals surface area contributed by atoms with Crippen LogP contribution in [0.25, 0.3) is 22.3 Å². The van der Waals surface area contributed by atoms with Crippen LogP contribution in [0.1, 0.15) is 56.9 Å². The van der Waals surface area contributed by atoms with E-state index < -0.39 is 6.17 Å². The fourth-order valence-electron chi connectivity index (χ4n) is 4.43. The third-order valence-electron chi connectivity index (χ3n) is 5.88. The van der Waals surface area contributed by atoms with E-state index in [1.54, 1.807) is 13.0 Å². The summed E-state index contributed by atoms with van der Waals surface area (Å²) in [5, 5.41) is 14.9. The van der Waals surface area contributed by atoms with E-state index >= 15 is 4.39 Å². The minimum atomic E-state index is -1.34. The summed E-state index contributed by atoms with van der Waals surface area (Å²) >= 11 is 0. The minimum absolute atomic E-state index is 0.0408. The van der Waals surface area contributed by atoms with Crippen LogP contribution in [0, 0.1) is 17.2 Å². The van der Waals surface area contributed by atoms with Crippen molar-refractivity contribution in [2.75, 3.05) is 0 Å². The largest absolute Gasteiger partial charge is 0.335 e. The third kappa shape index (κ3) is 3.55. The average molecular weight is 392 g/mol. The van der Waals surface area contributed by atoms with Crippen molar-refractivity contribution in [3.63, 3.8) is 0 Å². The number of nitriles is 1. The lowest BCUT2D eigenvalue weighted by Crippen LogP contribution is -2.18. The zero-order valence-electron chi connectivity index (χ0n) is 16.8. The van der Waals surface area contributed by atoms with Gasteiger partial charge in [-0.05, 0) is 37.8 Å². The Kier molecular flexibility index (Phi) is 5.43. The molecule has 1 aliphatic rings. The molecule has 0 amide bonds. The summed E-state index contributed by atoms with van der Waals surface area (Å²) in [6.45, 7) is 1.79. The van der Waals surface area contributed by atoms with Gasteiger partial charge >= 0.3 is 0 Å². The molecule has 3 heterocycles. The summed E-state index contributed by atoms with van der Waals surface area (Å²) in [5.74, 6) is 0.400. The first-order chi connectivity index (χ1) is 14.1. The third-order valence-corrected chi connectivity index (χ3v) is 5.88. The van der Waals surface area contributed by atoms with Gasteiger partial charge in [-0.2, -0.15) is 10.4 Å². The molecule has 0 aliphatic heterocycles. The van der Waals surface area contributed by atoms with Crippen LogP contribution in [0.2, 0.25) is 0 Å². The van der Waals surface area contributed by atoms with E-state index in [9.17, 15) is 5.26 Å². The van der Waals surface area contributed by atoms with Crippen molar-refractivity contribution < 1.29 is 4.39 Å². The first kappa shape index (κ1) is 19.3. The topological polar surface area (TPSA) is 72.3 Å². The number of aromatic nitrogens is 5. The van der Waals surface area contributed by atoms with E-state index in [0.29, 0.717) is 29.3 Å². The Bertz CT molecular complexity index is 1070. The van der Waals surface area contributed by atoms with E-state index in [2.05, 4.69) is 21.1 Å². The van der Waals surface area contributed by atoms with E-state index in [1.165, 1.54) is 25.2 Å². The molecule has 0 spiro atoms. The van der Waals surface area contributed by atoms with Gasteiger partial charge < -0.3 is 4.57 Å². The molecule has 1 fully saturated rings. The fourth-order valence-corrected chi connectivity index (χ4v) is 4.43. The van der Waals surface area contributed by atoms with Crippen molar-refractivity contribution in [2.24, 2.45) is 13.0 Å². The highest BCUT2D eigenvalue weighted by Gasteiger charge is 2.30. The van der Waals surface area contributed by atoms with E-state index in [1.807, 2.05) is 34.8 Å². The molecule has 0 saturated heterocycles. The first-order valence-electron chi connectivity index (χ1n) is 10.1. The zero-order valence-corrected chi connectivity index (χ0v) is 16.8. The van der Waals surface area contributed by atoms with Gasteiger partial charge in [0.05, 0.1) is 24.2 Å².